The van der Waals surface area contributed by atoms with Crippen molar-refractivity contribution < 1.29 is 23.0 Å². The average molecular weight is 576 g/mol. The minimum Gasteiger partial charge on any atom is -0.508 e. The number of nitrogens with one attached hydrogen (secondary N) is 1. The number of aromatic hydroxyl groups is 1. The van der Waals surface area contributed by atoms with Crippen molar-refractivity contribution in [3.05, 3.63) is 60.6 Å². The molecule has 0 amide bonds. The molecule has 4 aromatic rings. The topological polar surface area (TPSA) is 73.8 Å². The van der Waals surface area contributed by atoms with Crippen LogP contribution in [-0.2, 0) is 0 Å². The number of hydrogen-bond acceptors (Lipinski definition) is 7. The van der Waals surface area contributed by atoms with Crippen LogP contribution in [0.3, 0.4) is 0 Å². The van der Waals surface area contributed by atoms with Gasteiger partial charge in [0.1, 0.15) is 23.6 Å². The van der Waals surface area contributed by atoms with Crippen molar-refractivity contribution in [2.45, 2.75) is 43.3 Å². The zero-order chi connectivity index (χ0) is 29.2. The second-order valence-electron chi connectivity index (χ2n) is 11.8. The van der Waals surface area contributed by atoms with E-state index in [1.165, 1.54) is 6.07 Å². The van der Waals surface area contributed by atoms with Gasteiger partial charge in [0, 0.05) is 60.8 Å². The maximum absolute atomic E-state index is 16.6. The van der Waals surface area contributed by atoms with Gasteiger partial charge >= 0.3 is 0 Å². The number of piperazine rings is 1. The summed E-state index contributed by atoms with van der Waals surface area (Å²) in [6, 6.07) is 10.6. The Hall–Kier alpha value is -3.89. The van der Waals surface area contributed by atoms with Crippen molar-refractivity contribution in [1.82, 2.24) is 20.2 Å². The highest BCUT2D eigenvalue weighted by molar-refractivity contribution is 6.04. The molecule has 0 spiro atoms. The zero-order valence-corrected chi connectivity index (χ0v) is 23.3. The van der Waals surface area contributed by atoms with E-state index >= 15 is 4.39 Å². The van der Waals surface area contributed by atoms with Crippen LogP contribution in [0.25, 0.3) is 39.0 Å². The van der Waals surface area contributed by atoms with Gasteiger partial charge in [-0.3, -0.25) is 9.88 Å². The fourth-order valence-electron chi connectivity index (χ4n) is 6.85. The first-order valence-corrected chi connectivity index (χ1v) is 14.3. The molecule has 10 heteroatoms. The molecule has 0 radical (unpaired) electrons. The van der Waals surface area contributed by atoms with E-state index in [1.54, 1.807) is 36.4 Å². The van der Waals surface area contributed by atoms with Gasteiger partial charge in [-0.15, -0.1) is 0 Å². The summed E-state index contributed by atoms with van der Waals surface area (Å²) < 4.78 is 50.7. The summed E-state index contributed by atoms with van der Waals surface area (Å²) in [5.74, 6) is -3.26. The highest BCUT2D eigenvalue weighted by atomic mass is 19.3. The van der Waals surface area contributed by atoms with Crippen molar-refractivity contribution >= 4 is 33.4 Å². The van der Waals surface area contributed by atoms with Gasteiger partial charge in [0.25, 0.3) is 5.92 Å². The molecule has 0 saturated carbocycles. The Morgan fingerprint density at radius 1 is 1.19 bits per heavy atom. The molecule has 3 aliphatic heterocycles. The quantitative estimate of drug-likeness (QED) is 0.310. The Labute approximate surface area is 241 Å². The molecule has 3 aliphatic rings. The number of anilines is 1. The molecule has 2 N–H and O–H groups in total. The summed E-state index contributed by atoms with van der Waals surface area (Å²) in [6.45, 7) is 5.08. The standard InChI is InChI=1S/C32H32F3N5O2/c1-3-18-5-4-6-19-9-23(41)10-24(28(18)19)30-29(33)31-25(13-36-30)26(40-14-20-7-8-21(15-40)37-20)11-27(38-31)42-16-22-12-32(34,35)17-39(22)2/h3-6,9-11,13,20-22,37,41H,1,7-8,12,14-17H2,2H3/t20?,21?,22-/m0/s1. The summed E-state index contributed by atoms with van der Waals surface area (Å²) in [7, 11) is 1.65. The van der Waals surface area contributed by atoms with Crippen LogP contribution in [0.2, 0.25) is 0 Å². The molecule has 3 atom stereocenters. The number of phenolic OH excluding ortho intramolecular Hbond substituents is 1. The second-order valence-corrected chi connectivity index (χ2v) is 11.8. The molecule has 2 unspecified atom stereocenters. The predicted molar refractivity (Wildman–Crippen MR) is 158 cm³/mol. The number of likely N-dealkylation sites (tertiary alicyclic amines) is 1. The van der Waals surface area contributed by atoms with Crippen LogP contribution in [0, 0.1) is 5.82 Å². The van der Waals surface area contributed by atoms with E-state index in [-0.39, 0.29) is 42.4 Å². The Morgan fingerprint density at radius 3 is 2.69 bits per heavy atom. The number of likely N-dealkylation sites (N-methyl/N-ethyl adjacent to an activating group) is 1. The number of halogens is 3. The number of nitrogens with zero attached hydrogens (tertiary/aromatic N) is 4. The fraction of sp³-hybridized carbons (Fsp3) is 0.375. The lowest BCUT2D eigenvalue weighted by Gasteiger charge is -2.35. The van der Waals surface area contributed by atoms with Crippen LogP contribution in [0.15, 0.2) is 49.2 Å². The Kier molecular flexibility index (Phi) is 6.51. The van der Waals surface area contributed by atoms with E-state index < -0.39 is 17.8 Å². The van der Waals surface area contributed by atoms with Crippen molar-refractivity contribution in [3.63, 3.8) is 0 Å². The minimum atomic E-state index is -2.77. The third kappa shape index (κ3) is 4.72. The van der Waals surface area contributed by atoms with Crippen molar-refractivity contribution in [2.24, 2.45) is 0 Å². The molecule has 7 rings (SSSR count). The number of ether oxygens (including phenoxy) is 1. The van der Waals surface area contributed by atoms with Gasteiger partial charge < -0.3 is 20.1 Å². The summed E-state index contributed by atoms with van der Waals surface area (Å²) >= 11 is 0. The number of rotatable bonds is 6. The lowest BCUT2D eigenvalue weighted by atomic mass is 9.96. The van der Waals surface area contributed by atoms with Gasteiger partial charge in [-0.05, 0) is 48.4 Å². The lowest BCUT2D eigenvalue weighted by molar-refractivity contribution is 0.0137. The Bertz CT molecular complexity index is 1700. The molecule has 42 heavy (non-hydrogen) atoms. The largest absolute Gasteiger partial charge is 0.508 e. The zero-order valence-electron chi connectivity index (χ0n) is 23.3. The number of hydrogen-bond donors (Lipinski definition) is 2. The van der Waals surface area contributed by atoms with E-state index in [2.05, 4.69) is 26.8 Å². The van der Waals surface area contributed by atoms with Crippen LogP contribution in [-0.4, -0.2) is 77.3 Å². The SMILES string of the molecule is C=Cc1cccc2cc(O)cc(-c3ncc4c(N5CC6CCC(C5)N6)cc(OC[C@@H]5CC(F)(F)CN5C)nc4c3F)c12. The van der Waals surface area contributed by atoms with Gasteiger partial charge in [0.15, 0.2) is 5.82 Å². The summed E-state index contributed by atoms with van der Waals surface area (Å²) in [5, 5.41) is 16.1. The predicted octanol–water partition coefficient (Wildman–Crippen LogP) is 5.60. The van der Waals surface area contributed by atoms with Gasteiger partial charge in [-0.2, -0.15) is 0 Å². The molecule has 0 aliphatic carbocycles. The number of benzene rings is 2. The molecule has 2 bridgehead atoms. The Balaban J connectivity index is 1.36. The number of pyridine rings is 2. The molecular formula is C32H32F3N5O2. The van der Waals surface area contributed by atoms with E-state index in [9.17, 15) is 13.9 Å². The van der Waals surface area contributed by atoms with Gasteiger partial charge in [-0.1, -0.05) is 30.9 Å². The maximum atomic E-state index is 16.6. The molecular weight excluding hydrogens is 543 g/mol. The number of fused-ring (bicyclic) bond motifs is 4. The Morgan fingerprint density at radius 2 is 1.98 bits per heavy atom. The van der Waals surface area contributed by atoms with Crippen LogP contribution in [0.5, 0.6) is 11.6 Å². The molecule has 3 saturated heterocycles. The first kappa shape index (κ1) is 27.0. The first-order valence-electron chi connectivity index (χ1n) is 14.3. The summed E-state index contributed by atoms with van der Waals surface area (Å²) in [4.78, 5) is 13.0. The highest BCUT2D eigenvalue weighted by Crippen LogP contribution is 2.40. The van der Waals surface area contributed by atoms with Crippen LogP contribution in [0.1, 0.15) is 24.8 Å². The molecule has 2 aromatic carbocycles. The third-order valence-corrected chi connectivity index (χ3v) is 8.84. The maximum Gasteiger partial charge on any atom is 0.262 e. The van der Waals surface area contributed by atoms with Gasteiger partial charge in [0.05, 0.1) is 12.2 Å². The fourth-order valence-corrected chi connectivity index (χ4v) is 6.85. The van der Waals surface area contributed by atoms with E-state index in [4.69, 9.17) is 4.74 Å². The summed E-state index contributed by atoms with van der Waals surface area (Å²) in [6.07, 6.45) is 5.16. The second kappa shape index (κ2) is 10.1. The number of alkyl halides is 2. The number of phenols is 1. The van der Waals surface area contributed by atoms with Crippen LogP contribution in [0.4, 0.5) is 18.9 Å². The van der Waals surface area contributed by atoms with E-state index in [0.29, 0.717) is 28.4 Å². The normalized spacial score (nSPS) is 23.6. The van der Waals surface area contributed by atoms with E-state index in [0.717, 1.165) is 42.6 Å². The van der Waals surface area contributed by atoms with E-state index in [1.807, 2.05) is 18.2 Å². The molecule has 5 heterocycles. The molecule has 3 fully saturated rings. The smallest absolute Gasteiger partial charge is 0.262 e. The van der Waals surface area contributed by atoms with Crippen molar-refractivity contribution in [2.75, 3.05) is 38.2 Å². The molecule has 2 aromatic heterocycles. The first-order chi connectivity index (χ1) is 20.2. The van der Waals surface area contributed by atoms with Crippen LogP contribution < -0.4 is 15.0 Å². The molecule has 218 valence electrons. The third-order valence-electron chi connectivity index (χ3n) is 8.84. The van der Waals surface area contributed by atoms with Gasteiger partial charge in [0.2, 0.25) is 5.88 Å². The van der Waals surface area contributed by atoms with Gasteiger partial charge in [-0.25, -0.2) is 18.2 Å². The minimum absolute atomic E-state index is 0.0102. The monoisotopic (exact) mass is 575 g/mol. The summed E-state index contributed by atoms with van der Waals surface area (Å²) in [5.41, 5.74) is 2.08. The van der Waals surface area contributed by atoms with Crippen LogP contribution >= 0.6 is 0 Å². The number of aromatic nitrogens is 2. The lowest BCUT2D eigenvalue weighted by Crippen LogP contribution is -2.51. The van der Waals surface area contributed by atoms with Crippen molar-refractivity contribution in [3.8, 4) is 22.9 Å². The van der Waals surface area contributed by atoms with Crippen molar-refractivity contribution in [1.29, 1.82) is 0 Å². The molecule has 7 nitrogen and oxygen atoms in total. The average Bonchev–Trinajstić information content (AvgIpc) is 3.44. The highest BCUT2D eigenvalue weighted by Gasteiger charge is 2.43.